The van der Waals surface area contributed by atoms with Crippen molar-refractivity contribution in [2.45, 2.75) is 64.5 Å². The molecule has 1 fully saturated rings. The van der Waals surface area contributed by atoms with Gasteiger partial charge in [0.1, 0.15) is 0 Å². The van der Waals surface area contributed by atoms with E-state index in [-0.39, 0.29) is 17.5 Å². The molecule has 3 rings (SSSR count). The first kappa shape index (κ1) is 18.4. The fourth-order valence-corrected chi connectivity index (χ4v) is 2.86. The number of nitrogens with one attached hydrogen (secondary N) is 2. The Labute approximate surface area is 154 Å². The largest absolute Gasteiger partial charge is 0.339 e. The molecule has 6 heteroatoms. The summed E-state index contributed by atoms with van der Waals surface area (Å²) in [6.07, 6.45) is 2.28. The molecule has 0 radical (unpaired) electrons. The van der Waals surface area contributed by atoms with Crippen molar-refractivity contribution in [1.82, 2.24) is 20.8 Å². The first-order valence-corrected chi connectivity index (χ1v) is 9.15. The second-order valence-electron chi connectivity index (χ2n) is 8.62. The van der Waals surface area contributed by atoms with Crippen LogP contribution in [0.5, 0.6) is 0 Å². The van der Waals surface area contributed by atoms with E-state index in [4.69, 9.17) is 4.52 Å². The average Bonchev–Trinajstić information content (AvgIpc) is 3.25. The molecule has 1 aliphatic rings. The number of nitrogens with zero attached hydrogens (tertiary/aromatic N) is 2. The van der Waals surface area contributed by atoms with Gasteiger partial charge in [-0.2, -0.15) is 4.98 Å². The lowest BCUT2D eigenvalue weighted by atomic mass is 9.97. The van der Waals surface area contributed by atoms with Crippen LogP contribution in [-0.4, -0.2) is 16.2 Å². The molecule has 1 aromatic carbocycles. The van der Waals surface area contributed by atoms with Crippen LogP contribution in [-0.2, 0) is 11.0 Å². The summed E-state index contributed by atoms with van der Waals surface area (Å²) in [5.41, 5.74) is 0.174. The molecule has 2 amide bonds. The molecule has 6 nitrogen and oxygen atoms in total. The molecule has 0 bridgehead atoms. The smallest absolute Gasteiger partial charge is 0.316 e. The molecular formula is C20H28N4O2. The molecule has 1 aromatic heterocycles. The minimum atomic E-state index is -0.734. The maximum Gasteiger partial charge on any atom is 0.316 e. The molecule has 1 aliphatic carbocycles. The van der Waals surface area contributed by atoms with Crippen LogP contribution in [0.2, 0.25) is 0 Å². The van der Waals surface area contributed by atoms with Crippen molar-refractivity contribution >= 4 is 6.03 Å². The molecule has 1 atom stereocenters. The molecule has 2 aromatic rings. The van der Waals surface area contributed by atoms with E-state index in [0.29, 0.717) is 17.6 Å². The van der Waals surface area contributed by atoms with Gasteiger partial charge in [0.25, 0.3) is 0 Å². The average molecular weight is 356 g/mol. The van der Waals surface area contributed by atoms with Crippen molar-refractivity contribution in [1.29, 1.82) is 0 Å². The van der Waals surface area contributed by atoms with Gasteiger partial charge in [-0.05, 0) is 38.2 Å². The minimum Gasteiger partial charge on any atom is -0.339 e. The standard InChI is InChI=1S/C20H28N4O2/c1-19(2,3)17-22-16(24-26-17)20(4,5)23-18(25)21-15(14-11-12-14)13-9-7-6-8-10-13/h6-10,14-15H,11-12H2,1-5H3,(H2,21,23,25). The highest BCUT2D eigenvalue weighted by atomic mass is 16.5. The Kier molecular flexibility index (Phi) is 4.78. The normalized spacial score (nSPS) is 16.2. The lowest BCUT2D eigenvalue weighted by molar-refractivity contribution is 0.222. The number of rotatable bonds is 5. The molecule has 0 spiro atoms. The third-order valence-electron chi connectivity index (χ3n) is 4.59. The summed E-state index contributed by atoms with van der Waals surface area (Å²) in [7, 11) is 0. The van der Waals surface area contributed by atoms with E-state index in [1.165, 1.54) is 0 Å². The van der Waals surface area contributed by atoms with Crippen molar-refractivity contribution in [2.24, 2.45) is 5.92 Å². The third-order valence-corrected chi connectivity index (χ3v) is 4.59. The lowest BCUT2D eigenvalue weighted by Gasteiger charge is -2.25. The van der Waals surface area contributed by atoms with E-state index in [9.17, 15) is 4.79 Å². The van der Waals surface area contributed by atoms with Crippen LogP contribution < -0.4 is 10.6 Å². The monoisotopic (exact) mass is 356 g/mol. The number of hydrogen-bond donors (Lipinski definition) is 2. The van der Waals surface area contributed by atoms with Crippen LogP contribution in [0, 0.1) is 5.92 Å². The van der Waals surface area contributed by atoms with E-state index in [2.05, 4.69) is 32.9 Å². The zero-order valence-corrected chi connectivity index (χ0v) is 16.2. The highest BCUT2D eigenvalue weighted by Crippen LogP contribution is 2.41. The summed E-state index contributed by atoms with van der Waals surface area (Å²) >= 11 is 0. The summed E-state index contributed by atoms with van der Waals surface area (Å²) in [6, 6.07) is 9.91. The zero-order valence-electron chi connectivity index (χ0n) is 16.2. The molecule has 0 saturated heterocycles. The van der Waals surface area contributed by atoms with Gasteiger partial charge in [-0.25, -0.2) is 4.79 Å². The van der Waals surface area contributed by atoms with Crippen LogP contribution in [0.1, 0.15) is 70.8 Å². The fraction of sp³-hybridized carbons (Fsp3) is 0.550. The first-order chi connectivity index (χ1) is 12.2. The van der Waals surface area contributed by atoms with E-state index >= 15 is 0 Å². The van der Waals surface area contributed by atoms with E-state index in [1.54, 1.807) is 0 Å². The second kappa shape index (κ2) is 6.74. The number of urea groups is 1. The Morgan fingerprint density at radius 3 is 2.35 bits per heavy atom. The van der Waals surface area contributed by atoms with Gasteiger partial charge in [0, 0.05) is 5.41 Å². The van der Waals surface area contributed by atoms with E-state index < -0.39 is 5.54 Å². The van der Waals surface area contributed by atoms with E-state index in [1.807, 2.05) is 52.8 Å². The van der Waals surface area contributed by atoms with Crippen LogP contribution in [0.3, 0.4) is 0 Å². The summed E-state index contributed by atoms with van der Waals surface area (Å²) in [5, 5.41) is 10.2. The van der Waals surface area contributed by atoms with Crippen molar-refractivity contribution in [3.8, 4) is 0 Å². The van der Waals surface area contributed by atoms with Gasteiger partial charge in [0.05, 0.1) is 11.6 Å². The van der Waals surface area contributed by atoms with Crippen molar-refractivity contribution < 1.29 is 9.32 Å². The van der Waals surface area contributed by atoms with Gasteiger partial charge in [-0.15, -0.1) is 0 Å². The molecule has 140 valence electrons. The van der Waals surface area contributed by atoms with Crippen LogP contribution >= 0.6 is 0 Å². The lowest BCUT2D eigenvalue weighted by Crippen LogP contribution is -2.48. The van der Waals surface area contributed by atoms with Crippen molar-refractivity contribution in [3.63, 3.8) is 0 Å². The molecule has 2 N–H and O–H groups in total. The highest BCUT2D eigenvalue weighted by Gasteiger charge is 2.36. The number of benzene rings is 1. The summed E-state index contributed by atoms with van der Waals surface area (Å²) in [4.78, 5) is 17.1. The van der Waals surface area contributed by atoms with Gasteiger partial charge in [-0.3, -0.25) is 0 Å². The SMILES string of the molecule is CC(C)(C)c1nc(C(C)(C)NC(=O)NC(c2ccccc2)C2CC2)no1. The fourth-order valence-electron chi connectivity index (χ4n) is 2.86. The van der Waals surface area contributed by atoms with Crippen LogP contribution in [0.4, 0.5) is 4.79 Å². The molecule has 1 heterocycles. The summed E-state index contributed by atoms with van der Waals surface area (Å²) in [5.74, 6) is 1.53. The molecule has 0 aliphatic heterocycles. The Hall–Kier alpha value is -2.37. The van der Waals surface area contributed by atoms with E-state index in [0.717, 1.165) is 18.4 Å². The van der Waals surface area contributed by atoms with Crippen LogP contribution in [0.25, 0.3) is 0 Å². The quantitative estimate of drug-likeness (QED) is 0.847. The van der Waals surface area contributed by atoms with Gasteiger partial charge < -0.3 is 15.2 Å². The molecular weight excluding hydrogens is 328 g/mol. The van der Waals surface area contributed by atoms with Gasteiger partial charge in [0.15, 0.2) is 5.82 Å². The Bertz CT molecular complexity index is 758. The van der Waals surface area contributed by atoms with Crippen molar-refractivity contribution in [2.75, 3.05) is 0 Å². The molecule has 1 saturated carbocycles. The minimum absolute atomic E-state index is 0.0300. The molecule has 26 heavy (non-hydrogen) atoms. The predicted molar refractivity (Wildman–Crippen MR) is 99.6 cm³/mol. The highest BCUT2D eigenvalue weighted by molar-refractivity contribution is 5.75. The van der Waals surface area contributed by atoms with Gasteiger partial charge in [0.2, 0.25) is 5.89 Å². The Morgan fingerprint density at radius 2 is 1.81 bits per heavy atom. The number of carbonyl (C=O) groups excluding carboxylic acids is 1. The Balaban J connectivity index is 1.69. The third kappa shape index (κ3) is 4.23. The maximum absolute atomic E-state index is 12.6. The van der Waals surface area contributed by atoms with Crippen LogP contribution in [0.15, 0.2) is 34.9 Å². The summed E-state index contributed by atoms with van der Waals surface area (Å²) < 4.78 is 5.36. The predicted octanol–water partition coefficient (Wildman–Crippen LogP) is 4.05. The summed E-state index contributed by atoms with van der Waals surface area (Å²) in [6.45, 7) is 9.78. The zero-order chi connectivity index (χ0) is 18.9. The number of carbonyl (C=O) groups is 1. The second-order valence-corrected chi connectivity index (χ2v) is 8.62. The number of amides is 2. The van der Waals surface area contributed by atoms with Crippen molar-refractivity contribution in [3.05, 3.63) is 47.6 Å². The van der Waals surface area contributed by atoms with Gasteiger partial charge in [-0.1, -0.05) is 56.3 Å². The topological polar surface area (TPSA) is 80.0 Å². The number of aromatic nitrogens is 2. The number of hydrogen-bond acceptors (Lipinski definition) is 4. The first-order valence-electron chi connectivity index (χ1n) is 9.15. The Morgan fingerprint density at radius 1 is 1.15 bits per heavy atom. The maximum atomic E-state index is 12.6. The van der Waals surface area contributed by atoms with Gasteiger partial charge >= 0.3 is 6.03 Å². The molecule has 1 unspecified atom stereocenters.